The van der Waals surface area contributed by atoms with Crippen LogP contribution in [-0.4, -0.2) is 34.9 Å². The standard InChI is InChI=1S/C18H22N4O2S/c1-3-19-16(23)13-6-7-14(12(2)11-13)21-18(24)22-9-4-5-15(22)17-20-8-10-25-17/h6-8,10-11,15H,3-5,9H2,1-2H3,(H,19,23)(H,21,24). The molecular weight excluding hydrogens is 336 g/mol. The van der Waals surface area contributed by atoms with Gasteiger partial charge in [0.2, 0.25) is 0 Å². The Morgan fingerprint density at radius 2 is 2.24 bits per heavy atom. The molecule has 7 heteroatoms. The summed E-state index contributed by atoms with van der Waals surface area (Å²) in [7, 11) is 0. The predicted molar refractivity (Wildman–Crippen MR) is 99.0 cm³/mol. The lowest BCUT2D eigenvalue weighted by Crippen LogP contribution is -2.34. The number of hydrogen-bond donors (Lipinski definition) is 2. The molecule has 25 heavy (non-hydrogen) atoms. The van der Waals surface area contributed by atoms with Crippen molar-refractivity contribution in [3.8, 4) is 0 Å². The number of aromatic nitrogens is 1. The summed E-state index contributed by atoms with van der Waals surface area (Å²) in [6.45, 7) is 5.09. The van der Waals surface area contributed by atoms with Crippen LogP contribution in [0.25, 0.3) is 0 Å². The van der Waals surface area contributed by atoms with Gasteiger partial charge in [0, 0.05) is 35.9 Å². The molecule has 1 saturated heterocycles. The monoisotopic (exact) mass is 358 g/mol. The van der Waals surface area contributed by atoms with Crippen LogP contribution < -0.4 is 10.6 Å². The molecule has 1 aromatic heterocycles. The largest absolute Gasteiger partial charge is 0.352 e. The van der Waals surface area contributed by atoms with Crippen molar-refractivity contribution in [1.82, 2.24) is 15.2 Å². The number of likely N-dealkylation sites (tertiary alicyclic amines) is 1. The molecule has 2 aromatic rings. The van der Waals surface area contributed by atoms with Crippen LogP contribution in [0.2, 0.25) is 0 Å². The lowest BCUT2D eigenvalue weighted by atomic mass is 10.1. The third-order valence-electron chi connectivity index (χ3n) is 4.32. The van der Waals surface area contributed by atoms with E-state index in [2.05, 4.69) is 15.6 Å². The van der Waals surface area contributed by atoms with E-state index in [-0.39, 0.29) is 18.0 Å². The van der Waals surface area contributed by atoms with Gasteiger partial charge in [0.05, 0.1) is 6.04 Å². The van der Waals surface area contributed by atoms with Gasteiger partial charge >= 0.3 is 6.03 Å². The fraction of sp³-hybridized carbons (Fsp3) is 0.389. The summed E-state index contributed by atoms with van der Waals surface area (Å²) in [5.41, 5.74) is 2.18. The second-order valence-electron chi connectivity index (χ2n) is 6.04. The number of rotatable bonds is 4. The van der Waals surface area contributed by atoms with Gasteiger partial charge in [-0.3, -0.25) is 4.79 Å². The highest BCUT2D eigenvalue weighted by molar-refractivity contribution is 7.09. The summed E-state index contributed by atoms with van der Waals surface area (Å²) in [5, 5.41) is 8.67. The van der Waals surface area contributed by atoms with Crippen molar-refractivity contribution >= 4 is 29.0 Å². The number of amides is 3. The van der Waals surface area contributed by atoms with Crippen LogP contribution in [-0.2, 0) is 0 Å². The van der Waals surface area contributed by atoms with Crippen LogP contribution in [0.1, 0.15) is 46.7 Å². The van der Waals surface area contributed by atoms with Gasteiger partial charge in [0.15, 0.2) is 0 Å². The minimum Gasteiger partial charge on any atom is -0.352 e. The van der Waals surface area contributed by atoms with Gasteiger partial charge in [-0.05, 0) is 50.5 Å². The summed E-state index contributed by atoms with van der Waals surface area (Å²) < 4.78 is 0. The highest BCUT2D eigenvalue weighted by Crippen LogP contribution is 2.33. The number of hydrogen-bond acceptors (Lipinski definition) is 4. The fourth-order valence-corrected chi connectivity index (χ4v) is 3.85. The summed E-state index contributed by atoms with van der Waals surface area (Å²) in [4.78, 5) is 30.8. The molecule has 1 fully saturated rings. The first-order chi connectivity index (χ1) is 12.1. The quantitative estimate of drug-likeness (QED) is 0.877. The Morgan fingerprint density at radius 1 is 1.40 bits per heavy atom. The first-order valence-electron chi connectivity index (χ1n) is 8.46. The Hall–Kier alpha value is -2.41. The number of thiazole rings is 1. The zero-order valence-electron chi connectivity index (χ0n) is 14.4. The normalized spacial score (nSPS) is 16.7. The fourth-order valence-electron chi connectivity index (χ4n) is 3.06. The summed E-state index contributed by atoms with van der Waals surface area (Å²) in [5.74, 6) is -0.105. The van der Waals surface area contributed by atoms with Gasteiger partial charge in [-0.15, -0.1) is 11.3 Å². The molecule has 3 rings (SSSR count). The Labute approximate surface area is 151 Å². The van der Waals surface area contributed by atoms with E-state index in [1.807, 2.05) is 24.1 Å². The maximum atomic E-state index is 12.7. The maximum Gasteiger partial charge on any atom is 0.322 e. The third-order valence-corrected chi connectivity index (χ3v) is 5.19. The average Bonchev–Trinajstić information content (AvgIpc) is 3.27. The molecule has 0 aliphatic carbocycles. The summed E-state index contributed by atoms with van der Waals surface area (Å²) in [6, 6.07) is 5.24. The molecule has 1 atom stereocenters. The van der Waals surface area contributed by atoms with Gasteiger partial charge in [-0.1, -0.05) is 0 Å². The van der Waals surface area contributed by atoms with E-state index in [1.54, 1.807) is 35.7 Å². The van der Waals surface area contributed by atoms with Crippen molar-refractivity contribution < 1.29 is 9.59 Å². The van der Waals surface area contributed by atoms with Crippen molar-refractivity contribution in [1.29, 1.82) is 0 Å². The second-order valence-corrected chi connectivity index (χ2v) is 6.97. The van der Waals surface area contributed by atoms with Crippen LogP contribution >= 0.6 is 11.3 Å². The smallest absolute Gasteiger partial charge is 0.322 e. The molecule has 2 N–H and O–H groups in total. The lowest BCUT2D eigenvalue weighted by molar-refractivity contribution is 0.0955. The molecular formula is C18H22N4O2S. The van der Waals surface area contributed by atoms with Crippen LogP contribution in [0.4, 0.5) is 10.5 Å². The molecule has 1 aliphatic heterocycles. The minimum atomic E-state index is -0.119. The van der Waals surface area contributed by atoms with Gasteiger partial charge in [0.25, 0.3) is 5.91 Å². The molecule has 3 amide bonds. The first-order valence-corrected chi connectivity index (χ1v) is 9.34. The molecule has 6 nitrogen and oxygen atoms in total. The average molecular weight is 358 g/mol. The zero-order valence-corrected chi connectivity index (χ0v) is 15.2. The first kappa shape index (κ1) is 17.4. The van der Waals surface area contributed by atoms with Gasteiger partial charge in [0.1, 0.15) is 5.01 Å². The number of aryl methyl sites for hydroxylation is 1. The Morgan fingerprint density at radius 3 is 2.92 bits per heavy atom. The number of urea groups is 1. The summed E-state index contributed by atoms with van der Waals surface area (Å²) >= 11 is 1.58. The van der Waals surface area contributed by atoms with Crippen molar-refractivity contribution in [2.24, 2.45) is 0 Å². The van der Waals surface area contributed by atoms with Gasteiger partial charge in [-0.2, -0.15) is 0 Å². The van der Waals surface area contributed by atoms with Crippen molar-refractivity contribution in [3.63, 3.8) is 0 Å². The maximum absolute atomic E-state index is 12.7. The second kappa shape index (κ2) is 7.65. The summed E-state index contributed by atoms with van der Waals surface area (Å²) in [6.07, 6.45) is 3.70. The van der Waals surface area contributed by atoms with Gasteiger partial charge in [-0.25, -0.2) is 9.78 Å². The molecule has 1 aliphatic rings. The predicted octanol–water partition coefficient (Wildman–Crippen LogP) is 3.57. The number of carbonyl (C=O) groups is 2. The highest BCUT2D eigenvalue weighted by Gasteiger charge is 2.31. The molecule has 1 aromatic carbocycles. The number of nitrogens with zero attached hydrogens (tertiary/aromatic N) is 2. The van der Waals surface area contributed by atoms with E-state index in [4.69, 9.17) is 0 Å². The molecule has 2 heterocycles. The van der Waals surface area contributed by atoms with E-state index in [0.717, 1.165) is 35.6 Å². The minimum absolute atomic E-state index is 0.0508. The van der Waals surface area contributed by atoms with Crippen LogP contribution in [0.3, 0.4) is 0 Å². The zero-order chi connectivity index (χ0) is 17.8. The van der Waals surface area contributed by atoms with Crippen molar-refractivity contribution in [2.75, 3.05) is 18.4 Å². The SMILES string of the molecule is CCNC(=O)c1ccc(NC(=O)N2CCCC2c2nccs2)c(C)c1. The molecule has 132 valence electrons. The third kappa shape index (κ3) is 3.82. The number of benzene rings is 1. The van der Waals surface area contributed by atoms with Crippen LogP contribution in [0.15, 0.2) is 29.8 Å². The van der Waals surface area contributed by atoms with E-state index in [9.17, 15) is 9.59 Å². The topological polar surface area (TPSA) is 74.3 Å². The molecule has 0 radical (unpaired) electrons. The highest BCUT2D eigenvalue weighted by atomic mass is 32.1. The molecule has 0 spiro atoms. The van der Waals surface area contributed by atoms with E-state index < -0.39 is 0 Å². The van der Waals surface area contributed by atoms with Crippen LogP contribution in [0.5, 0.6) is 0 Å². The van der Waals surface area contributed by atoms with Gasteiger partial charge < -0.3 is 15.5 Å². The van der Waals surface area contributed by atoms with Crippen LogP contribution in [0, 0.1) is 6.92 Å². The van der Waals surface area contributed by atoms with E-state index >= 15 is 0 Å². The Balaban J connectivity index is 1.71. The number of anilines is 1. The molecule has 1 unspecified atom stereocenters. The lowest BCUT2D eigenvalue weighted by Gasteiger charge is -2.24. The number of carbonyl (C=O) groups excluding carboxylic acids is 2. The van der Waals surface area contributed by atoms with E-state index in [1.165, 1.54) is 0 Å². The number of nitrogens with one attached hydrogen (secondary N) is 2. The molecule has 0 bridgehead atoms. The van der Waals surface area contributed by atoms with Crippen molar-refractivity contribution in [3.05, 3.63) is 45.9 Å². The Kier molecular flexibility index (Phi) is 5.33. The molecule has 0 saturated carbocycles. The Bertz CT molecular complexity index is 760. The van der Waals surface area contributed by atoms with E-state index in [0.29, 0.717) is 12.1 Å². The van der Waals surface area contributed by atoms with Crippen molar-refractivity contribution in [2.45, 2.75) is 32.7 Å².